The van der Waals surface area contributed by atoms with Crippen LogP contribution in [0.3, 0.4) is 0 Å². The predicted molar refractivity (Wildman–Crippen MR) is 74.7 cm³/mol. The van der Waals surface area contributed by atoms with Gasteiger partial charge in [-0.3, -0.25) is 0 Å². The topological polar surface area (TPSA) is 28.2 Å². The monoisotopic (exact) mass is 253 g/mol. The lowest BCUT2D eigenvalue weighted by Gasteiger charge is -2.31. The lowest BCUT2D eigenvalue weighted by molar-refractivity contribution is 0.516. The predicted octanol–water partition coefficient (Wildman–Crippen LogP) is 3.02. The maximum atomic E-state index is 4.74. The molecule has 0 amide bonds. The van der Waals surface area contributed by atoms with Crippen molar-refractivity contribution in [1.29, 1.82) is 0 Å². The Balaban J connectivity index is 2.03. The number of nitrogens with zero attached hydrogens (tertiary/aromatic N) is 2. The molecule has 4 heteroatoms. The van der Waals surface area contributed by atoms with Gasteiger partial charge in [-0.2, -0.15) is 0 Å². The van der Waals surface area contributed by atoms with Crippen LogP contribution >= 0.6 is 11.3 Å². The Bertz CT molecular complexity index is 370. The van der Waals surface area contributed by atoms with Crippen molar-refractivity contribution in [2.75, 3.05) is 11.4 Å². The zero-order valence-corrected chi connectivity index (χ0v) is 12.1. The molecule has 0 saturated carbocycles. The molecule has 2 heterocycles. The smallest absolute Gasteiger partial charge is 0.185 e. The quantitative estimate of drug-likeness (QED) is 0.894. The van der Waals surface area contributed by atoms with Crippen molar-refractivity contribution in [3.8, 4) is 0 Å². The molecule has 2 rings (SSSR count). The largest absolute Gasteiger partial charge is 0.343 e. The van der Waals surface area contributed by atoms with Gasteiger partial charge >= 0.3 is 0 Å². The summed E-state index contributed by atoms with van der Waals surface area (Å²) in [6.07, 6.45) is 2.55. The number of thiazole rings is 1. The zero-order valence-electron chi connectivity index (χ0n) is 11.3. The van der Waals surface area contributed by atoms with Crippen LogP contribution in [0.2, 0.25) is 0 Å². The molecule has 0 bridgehead atoms. The standard InChI is InChI=1S/C13H23N3S/c1-10(2)14-8-11-9-17-12(15-11)16-7-5-6-13(16,3)4/h9-10,14H,5-8H2,1-4H3. The molecule has 0 atom stereocenters. The lowest BCUT2D eigenvalue weighted by atomic mass is 10.0. The summed E-state index contributed by atoms with van der Waals surface area (Å²) in [5.74, 6) is 0. The molecule has 1 N–H and O–H groups in total. The van der Waals surface area contributed by atoms with Gasteiger partial charge in [0.15, 0.2) is 5.13 Å². The van der Waals surface area contributed by atoms with Gasteiger partial charge in [-0.15, -0.1) is 11.3 Å². The van der Waals surface area contributed by atoms with E-state index in [1.165, 1.54) is 23.7 Å². The lowest BCUT2D eigenvalue weighted by Crippen LogP contribution is -2.38. The van der Waals surface area contributed by atoms with Crippen LogP contribution in [0.4, 0.5) is 5.13 Å². The molecule has 1 aliphatic rings. The number of hydrogen-bond donors (Lipinski definition) is 1. The van der Waals surface area contributed by atoms with Crippen molar-refractivity contribution >= 4 is 16.5 Å². The highest BCUT2D eigenvalue weighted by atomic mass is 32.1. The maximum Gasteiger partial charge on any atom is 0.185 e. The molecular formula is C13H23N3S. The molecule has 0 radical (unpaired) electrons. The minimum absolute atomic E-state index is 0.278. The van der Waals surface area contributed by atoms with Crippen LogP contribution in [0.5, 0.6) is 0 Å². The molecular weight excluding hydrogens is 230 g/mol. The summed E-state index contributed by atoms with van der Waals surface area (Å²) in [5, 5.41) is 6.78. The van der Waals surface area contributed by atoms with Gasteiger partial charge in [-0.25, -0.2) is 4.98 Å². The van der Waals surface area contributed by atoms with E-state index in [0.29, 0.717) is 6.04 Å². The number of hydrogen-bond acceptors (Lipinski definition) is 4. The highest BCUT2D eigenvalue weighted by Crippen LogP contribution is 2.35. The van der Waals surface area contributed by atoms with Crippen LogP contribution in [0, 0.1) is 0 Å². The Hall–Kier alpha value is -0.610. The molecule has 0 aliphatic carbocycles. The Morgan fingerprint density at radius 3 is 2.88 bits per heavy atom. The summed E-state index contributed by atoms with van der Waals surface area (Å²) in [6.45, 7) is 11.0. The molecule has 1 fully saturated rings. The van der Waals surface area contributed by atoms with Gasteiger partial charge in [0, 0.05) is 30.1 Å². The van der Waals surface area contributed by atoms with Gasteiger partial charge < -0.3 is 10.2 Å². The second kappa shape index (κ2) is 4.94. The van der Waals surface area contributed by atoms with Crippen molar-refractivity contribution in [2.45, 2.75) is 58.7 Å². The average molecular weight is 253 g/mol. The first-order chi connectivity index (χ1) is 7.99. The molecule has 0 spiro atoms. The Labute approximate surface area is 108 Å². The van der Waals surface area contributed by atoms with Crippen LogP contribution in [0.25, 0.3) is 0 Å². The van der Waals surface area contributed by atoms with Crippen LogP contribution in [0.15, 0.2) is 5.38 Å². The van der Waals surface area contributed by atoms with Gasteiger partial charge in [0.25, 0.3) is 0 Å². The molecule has 1 saturated heterocycles. The average Bonchev–Trinajstić information content (AvgIpc) is 2.80. The van der Waals surface area contributed by atoms with Crippen LogP contribution in [0.1, 0.15) is 46.2 Å². The molecule has 0 unspecified atom stereocenters. The third-order valence-corrected chi connectivity index (χ3v) is 4.28. The van der Waals surface area contributed by atoms with E-state index < -0.39 is 0 Å². The van der Waals surface area contributed by atoms with E-state index >= 15 is 0 Å². The summed E-state index contributed by atoms with van der Waals surface area (Å²) in [6, 6.07) is 0.517. The van der Waals surface area contributed by atoms with Crippen molar-refractivity contribution in [1.82, 2.24) is 10.3 Å². The molecule has 17 heavy (non-hydrogen) atoms. The van der Waals surface area contributed by atoms with E-state index in [4.69, 9.17) is 4.98 Å². The fraction of sp³-hybridized carbons (Fsp3) is 0.769. The van der Waals surface area contributed by atoms with Crippen molar-refractivity contribution in [2.24, 2.45) is 0 Å². The van der Waals surface area contributed by atoms with E-state index in [-0.39, 0.29) is 5.54 Å². The van der Waals surface area contributed by atoms with E-state index in [9.17, 15) is 0 Å². The fourth-order valence-electron chi connectivity index (χ4n) is 2.27. The van der Waals surface area contributed by atoms with Gasteiger partial charge in [0.05, 0.1) is 5.69 Å². The molecule has 1 aromatic heterocycles. The van der Waals surface area contributed by atoms with Crippen LogP contribution in [-0.2, 0) is 6.54 Å². The molecule has 1 aromatic rings. The second-order valence-corrected chi connectivity index (χ2v) is 6.56. The zero-order chi connectivity index (χ0) is 12.5. The van der Waals surface area contributed by atoms with Gasteiger partial charge in [0.2, 0.25) is 0 Å². The summed E-state index contributed by atoms with van der Waals surface area (Å²) in [4.78, 5) is 7.20. The number of aromatic nitrogens is 1. The highest BCUT2D eigenvalue weighted by Gasteiger charge is 2.33. The van der Waals surface area contributed by atoms with E-state index in [1.807, 2.05) is 0 Å². The molecule has 0 aromatic carbocycles. The third kappa shape index (κ3) is 2.99. The third-order valence-electron chi connectivity index (χ3n) is 3.36. The van der Waals surface area contributed by atoms with E-state index in [2.05, 4.69) is 43.3 Å². The number of rotatable bonds is 4. The molecule has 1 aliphatic heterocycles. The van der Waals surface area contributed by atoms with E-state index in [1.54, 1.807) is 11.3 Å². The summed E-state index contributed by atoms with van der Waals surface area (Å²) < 4.78 is 0. The number of nitrogens with one attached hydrogen (secondary N) is 1. The highest BCUT2D eigenvalue weighted by molar-refractivity contribution is 7.13. The molecule has 96 valence electrons. The Morgan fingerprint density at radius 2 is 2.29 bits per heavy atom. The fourth-order valence-corrected chi connectivity index (χ4v) is 3.29. The first kappa shape index (κ1) is 12.8. The van der Waals surface area contributed by atoms with Gasteiger partial charge in [-0.05, 0) is 26.7 Å². The Morgan fingerprint density at radius 1 is 1.53 bits per heavy atom. The van der Waals surface area contributed by atoms with Gasteiger partial charge in [0.1, 0.15) is 0 Å². The number of anilines is 1. The van der Waals surface area contributed by atoms with Gasteiger partial charge in [-0.1, -0.05) is 13.8 Å². The molecule has 3 nitrogen and oxygen atoms in total. The van der Waals surface area contributed by atoms with Crippen molar-refractivity contribution in [3.63, 3.8) is 0 Å². The maximum absolute atomic E-state index is 4.74. The normalized spacial score (nSPS) is 19.2. The van der Waals surface area contributed by atoms with Crippen LogP contribution in [-0.4, -0.2) is 23.1 Å². The summed E-state index contributed by atoms with van der Waals surface area (Å²) >= 11 is 1.78. The van der Waals surface area contributed by atoms with Crippen molar-refractivity contribution in [3.05, 3.63) is 11.1 Å². The first-order valence-corrected chi connectivity index (χ1v) is 7.32. The summed E-state index contributed by atoms with van der Waals surface area (Å²) in [7, 11) is 0. The first-order valence-electron chi connectivity index (χ1n) is 6.44. The summed E-state index contributed by atoms with van der Waals surface area (Å²) in [5.41, 5.74) is 1.45. The SMILES string of the molecule is CC(C)NCc1csc(N2CCCC2(C)C)n1. The Kier molecular flexibility index (Phi) is 3.73. The van der Waals surface area contributed by atoms with E-state index in [0.717, 1.165) is 13.1 Å². The second-order valence-electron chi connectivity index (χ2n) is 5.72. The van der Waals surface area contributed by atoms with Crippen LogP contribution < -0.4 is 10.2 Å². The van der Waals surface area contributed by atoms with Crippen molar-refractivity contribution < 1.29 is 0 Å². The minimum Gasteiger partial charge on any atom is -0.343 e. The minimum atomic E-state index is 0.278.